The van der Waals surface area contributed by atoms with Crippen molar-refractivity contribution >= 4 is 72.8 Å². The van der Waals surface area contributed by atoms with Gasteiger partial charge in [-0.05, 0) is 163 Å². The zero-order chi connectivity index (χ0) is 42.0. The average Bonchev–Trinajstić information content (AvgIpc) is 3.35. The monoisotopic (exact) mass is 841 g/mol. The summed E-state index contributed by atoms with van der Waals surface area (Å²) in [7, 11) is 0. The van der Waals surface area contributed by atoms with Crippen molar-refractivity contribution in [2.24, 2.45) is 0 Å². The van der Waals surface area contributed by atoms with Crippen LogP contribution in [-0.2, 0) is 0 Å². The van der Waals surface area contributed by atoms with Gasteiger partial charge in [0.2, 0.25) is 0 Å². The Morgan fingerprint density at radius 2 is 0.794 bits per heavy atom. The summed E-state index contributed by atoms with van der Waals surface area (Å²) in [5.74, 6) is 0. The molecule has 0 saturated heterocycles. The number of hydrogen-bond acceptors (Lipinski definition) is 3. The first-order valence-corrected chi connectivity index (χ1v) is 23.3. The molecule has 1 aliphatic carbocycles. The van der Waals surface area contributed by atoms with E-state index in [4.69, 9.17) is 0 Å². The Labute approximate surface area is 378 Å². The first-order chi connectivity index (χ1) is 31.2. The van der Waals surface area contributed by atoms with Gasteiger partial charge in [-0.2, -0.15) is 0 Å². The summed E-state index contributed by atoms with van der Waals surface area (Å²) in [5, 5.41) is 7.68. The summed E-state index contributed by atoms with van der Waals surface area (Å²) in [4.78, 5) is 7.34. The Morgan fingerprint density at radius 3 is 1.29 bits per heavy atom. The Bertz CT molecular complexity index is 3250. The van der Waals surface area contributed by atoms with Crippen LogP contribution in [0.2, 0.25) is 0 Å². The fraction of sp³-hybridized carbons (Fsp3) is 0.0333. The Kier molecular flexibility index (Phi) is 10.7. The van der Waals surface area contributed by atoms with Gasteiger partial charge in [0.15, 0.2) is 0 Å². The third-order valence-electron chi connectivity index (χ3n) is 12.0. The van der Waals surface area contributed by atoms with Crippen LogP contribution in [0.4, 0.5) is 11.4 Å². The molecule has 0 unspecified atom stereocenters. The van der Waals surface area contributed by atoms with Crippen LogP contribution in [0.25, 0.3) is 60.1 Å². The Hall–Kier alpha value is -7.04. The van der Waals surface area contributed by atoms with Crippen LogP contribution in [0.3, 0.4) is 0 Å². The molecule has 0 aliphatic heterocycles. The van der Waals surface area contributed by atoms with Gasteiger partial charge in [0.25, 0.3) is 0 Å². The van der Waals surface area contributed by atoms with Crippen molar-refractivity contribution in [2.75, 3.05) is 4.90 Å². The summed E-state index contributed by atoms with van der Waals surface area (Å²) >= 11 is 3.65. The highest BCUT2D eigenvalue weighted by Crippen LogP contribution is 2.50. The van der Waals surface area contributed by atoms with Gasteiger partial charge in [0.1, 0.15) is 0 Å². The summed E-state index contributed by atoms with van der Waals surface area (Å²) < 4.78 is 0. The van der Waals surface area contributed by atoms with Crippen LogP contribution >= 0.6 is 23.5 Å². The van der Waals surface area contributed by atoms with E-state index in [1.54, 1.807) is 0 Å². The van der Waals surface area contributed by atoms with Gasteiger partial charge < -0.3 is 4.90 Å². The van der Waals surface area contributed by atoms with Gasteiger partial charge in [-0.3, -0.25) is 0 Å². The van der Waals surface area contributed by atoms with E-state index in [0.717, 1.165) is 12.8 Å². The fourth-order valence-corrected chi connectivity index (χ4v) is 11.0. The minimum atomic E-state index is 0.904. The minimum Gasteiger partial charge on any atom is -0.314 e. The summed E-state index contributed by atoms with van der Waals surface area (Å²) in [5.41, 5.74) is 11.2. The van der Waals surface area contributed by atoms with Gasteiger partial charge in [0, 0.05) is 36.7 Å². The van der Waals surface area contributed by atoms with Crippen molar-refractivity contribution in [3.8, 4) is 22.3 Å². The van der Waals surface area contributed by atoms with Crippen molar-refractivity contribution in [2.45, 2.75) is 32.4 Å². The van der Waals surface area contributed by atoms with Crippen molar-refractivity contribution in [3.63, 3.8) is 0 Å². The standard InChI is InChI=1S/C60H43NS2/c1-7-19-42(20-8-1)54-41-55(43-31-33-47(34-32-43)61(45-23-11-3-12-24-45)46-25-13-4-14-26-46)59-52-37-35-50(62-48-27-15-5-16-28-48)39-56(52)57-40-51(63-49-29-17-6-18-30-49)36-38-53(57)60(59)58(54)44-21-9-2-10-22-44/h1-31,33,35-41H,32,34H2. The van der Waals surface area contributed by atoms with Gasteiger partial charge in [-0.15, -0.1) is 0 Å². The lowest BCUT2D eigenvalue weighted by Gasteiger charge is -2.30. The molecular formula is C60H43NS2. The van der Waals surface area contributed by atoms with Crippen LogP contribution in [0.1, 0.15) is 18.4 Å². The number of para-hydroxylation sites is 2. The van der Waals surface area contributed by atoms with Crippen molar-refractivity contribution < 1.29 is 0 Å². The molecule has 0 N–H and O–H groups in total. The van der Waals surface area contributed by atoms with E-state index in [0.29, 0.717) is 0 Å². The van der Waals surface area contributed by atoms with Crippen molar-refractivity contribution in [1.29, 1.82) is 0 Å². The summed E-state index contributed by atoms with van der Waals surface area (Å²) in [6, 6.07) is 81.9. The molecule has 0 spiro atoms. The van der Waals surface area contributed by atoms with E-state index in [1.807, 2.05) is 23.5 Å². The van der Waals surface area contributed by atoms with E-state index in [9.17, 15) is 0 Å². The maximum atomic E-state index is 2.51. The smallest absolute Gasteiger partial charge is 0.0458 e. The molecule has 0 heterocycles. The van der Waals surface area contributed by atoms with E-state index in [2.05, 4.69) is 242 Å². The molecule has 11 rings (SSSR count). The first-order valence-electron chi connectivity index (χ1n) is 21.6. The number of allylic oxidation sites excluding steroid dienone is 4. The highest BCUT2D eigenvalue weighted by atomic mass is 32.2. The highest BCUT2D eigenvalue weighted by molar-refractivity contribution is 7.99. The lowest BCUT2D eigenvalue weighted by atomic mass is 9.80. The fourth-order valence-electron chi connectivity index (χ4n) is 9.21. The van der Waals surface area contributed by atoms with Gasteiger partial charge in [-0.25, -0.2) is 0 Å². The summed E-state index contributed by atoms with van der Waals surface area (Å²) in [6.45, 7) is 0. The molecule has 1 nitrogen and oxygen atoms in total. The Balaban J connectivity index is 1.21. The molecule has 10 aromatic carbocycles. The highest BCUT2D eigenvalue weighted by Gasteiger charge is 2.25. The molecule has 0 atom stereocenters. The normalized spacial score (nSPS) is 12.6. The third-order valence-corrected chi connectivity index (χ3v) is 14.0. The zero-order valence-corrected chi connectivity index (χ0v) is 36.3. The third kappa shape index (κ3) is 7.76. The second kappa shape index (κ2) is 17.4. The minimum absolute atomic E-state index is 0.904. The topological polar surface area (TPSA) is 3.24 Å². The van der Waals surface area contributed by atoms with E-state index >= 15 is 0 Å². The second-order valence-corrected chi connectivity index (χ2v) is 18.2. The lowest BCUT2D eigenvalue weighted by molar-refractivity contribution is 0.931. The van der Waals surface area contributed by atoms with Crippen LogP contribution in [0, 0.1) is 0 Å². The molecular weight excluding hydrogens is 799 g/mol. The van der Waals surface area contributed by atoms with Gasteiger partial charge >= 0.3 is 0 Å². The molecule has 0 saturated carbocycles. The zero-order valence-electron chi connectivity index (χ0n) is 34.7. The molecule has 0 aromatic heterocycles. The van der Waals surface area contributed by atoms with Crippen LogP contribution in [0.15, 0.2) is 262 Å². The largest absolute Gasteiger partial charge is 0.314 e. The number of rotatable bonds is 10. The number of benzene rings is 10. The molecule has 1 aliphatic rings. The van der Waals surface area contributed by atoms with Crippen molar-refractivity contribution in [1.82, 2.24) is 0 Å². The summed E-state index contributed by atoms with van der Waals surface area (Å²) in [6.07, 6.45) is 6.58. The molecule has 0 bridgehead atoms. The first kappa shape index (κ1) is 38.9. The SMILES string of the molecule is C1=C(c2cc(-c3ccccc3)c(-c3ccccc3)c3c4ccc(Sc5ccccc5)cc4c4cc(Sc5ccccc5)ccc4c23)CCC(N(c2ccccc2)c2ccccc2)=C1. The second-order valence-electron chi connectivity index (χ2n) is 15.9. The lowest BCUT2D eigenvalue weighted by Crippen LogP contribution is -2.17. The molecule has 300 valence electrons. The van der Waals surface area contributed by atoms with Gasteiger partial charge in [-0.1, -0.05) is 175 Å². The molecule has 0 radical (unpaired) electrons. The quantitative estimate of drug-likeness (QED) is 0.126. The number of nitrogens with zero attached hydrogens (tertiary/aromatic N) is 1. The van der Waals surface area contributed by atoms with Gasteiger partial charge in [0.05, 0.1) is 0 Å². The molecule has 3 heteroatoms. The Morgan fingerprint density at radius 1 is 0.333 bits per heavy atom. The van der Waals surface area contributed by atoms with E-state index < -0.39 is 0 Å². The van der Waals surface area contributed by atoms with E-state index in [-0.39, 0.29) is 0 Å². The molecule has 63 heavy (non-hydrogen) atoms. The number of fused-ring (bicyclic) bond motifs is 6. The molecule has 0 amide bonds. The number of anilines is 2. The molecule has 0 fully saturated rings. The van der Waals surface area contributed by atoms with Crippen LogP contribution < -0.4 is 4.90 Å². The maximum absolute atomic E-state index is 2.51. The maximum Gasteiger partial charge on any atom is 0.0458 e. The van der Waals surface area contributed by atoms with Crippen molar-refractivity contribution in [3.05, 3.63) is 248 Å². The van der Waals surface area contributed by atoms with Crippen LogP contribution in [0.5, 0.6) is 0 Å². The number of hydrogen-bond donors (Lipinski definition) is 0. The molecule has 10 aromatic rings. The van der Waals surface area contributed by atoms with E-state index in [1.165, 1.54) is 102 Å². The predicted molar refractivity (Wildman–Crippen MR) is 271 cm³/mol. The average molecular weight is 842 g/mol. The predicted octanol–water partition coefficient (Wildman–Crippen LogP) is 17.7. The van der Waals surface area contributed by atoms with Crippen LogP contribution in [-0.4, -0.2) is 0 Å².